The average molecular weight is 601 g/mol. The standard InChI is InChI=1S/C31H30ClFN8O2/c32-26-18-35-30-37-25-13-20(16-34-17-25)1-2-21-15-24(36-29(26)40-30)7-8-27(21)39-28(42)14-19-9-11-41(12-10-19)31(43)38-23-5-3-22(33)4-6-23/h3-8,13,15-19H,1-2,9-12,14H2,(H,38,43)(H,39,42)(H2,35,36,37,40). The number of halogens is 2. The third-order valence-corrected chi connectivity index (χ3v) is 7.87. The van der Waals surface area contributed by atoms with Crippen LogP contribution >= 0.6 is 11.6 Å². The average Bonchev–Trinajstić information content (AvgIpc) is 3.00. The highest BCUT2D eigenvalue weighted by molar-refractivity contribution is 6.32. The van der Waals surface area contributed by atoms with E-state index in [4.69, 9.17) is 11.6 Å². The van der Waals surface area contributed by atoms with Crippen molar-refractivity contribution in [1.29, 1.82) is 0 Å². The quantitative estimate of drug-likeness (QED) is 0.210. The molecule has 4 heterocycles. The van der Waals surface area contributed by atoms with Gasteiger partial charge in [-0.25, -0.2) is 14.2 Å². The Morgan fingerprint density at radius 2 is 1.77 bits per heavy atom. The molecule has 43 heavy (non-hydrogen) atoms. The number of urea groups is 1. The van der Waals surface area contributed by atoms with E-state index in [-0.39, 0.29) is 23.7 Å². The summed E-state index contributed by atoms with van der Waals surface area (Å²) in [5.74, 6) is 0.602. The first-order valence-corrected chi connectivity index (χ1v) is 14.5. The molecule has 2 aliphatic rings. The van der Waals surface area contributed by atoms with Gasteiger partial charge in [-0.2, -0.15) is 4.98 Å². The van der Waals surface area contributed by atoms with E-state index >= 15 is 0 Å². The molecule has 0 aliphatic carbocycles. The predicted molar refractivity (Wildman–Crippen MR) is 165 cm³/mol. The van der Waals surface area contributed by atoms with Crippen molar-refractivity contribution >= 4 is 58.1 Å². The summed E-state index contributed by atoms with van der Waals surface area (Å²) < 4.78 is 13.1. The van der Waals surface area contributed by atoms with Crippen molar-refractivity contribution in [3.05, 3.63) is 89.1 Å². The van der Waals surface area contributed by atoms with Gasteiger partial charge in [0.05, 0.1) is 18.1 Å². The van der Waals surface area contributed by atoms with E-state index < -0.39 is 0 Å². The second-order valence-electron chi connectivity index (χ2n) is 10.7. The minimum atomic E-state index is -0.354. The van der Waals surface area contributed by atoms with Crippen molar-refractivity contribution in [2.45, 2.75) is 32.1 Å². The fourth-order valence-corrected chi connectivity index (χ4v) is 5.43. The maximum atomic E-state index is 13.2. The van der Waals surface area contributed by atoms with E-state index in [2.05, 4.69) is 36.2 Å². The third-order valence-electron chi connectivity index (χ3n) is 7.59. The summed E-state index contributed by atoms with van der Waals surface area (Å²) in [6.45, 7) is 1.09. The van der Waals surface area contributed by atoms with Crippen molar-refractivity contribution in [2.24, 2.45) is 5.92 Å². The number of aromatic nitrogens is 3. The second kappa shape index (κ2) is 12.6. The van der Waals surface area contributed by atoms with Gasteiger partial charge >= 0.3 is 6.03 Å². The summed E-state index contributed by atoms with van der Waals surface area (Å²) in [6.07, 6.45) is 8.27. The van der Waals surface area contributed by atoms with Gasteiger partial charge in [-0.05, 0) is 91.3 Å². The van der Waals surface area contributed by atoms with E-state index in [0.717, 1.165) is 41.0 Å². The number of pyridine rings is 1. The molecule has 2 aromatic carbocycles. The maximum absolute atomic E-state index is 13.2. The van der Waals surface area contributed by atoms with E-state index in [1.165, 1.54) is 30.5 Å². The lowest BCUT2D eigenvalue weighted by Crippen LogP contribution is -2.41. The fourth-order valence-electron chi connectivity index (χ4n) is 5.29. The van der Waals surface area contributed by atoms with Gasteiger partial charge in [0.1, 0.15) is 10.8 Å². The summed E-state index contributed by atoms with van der Waals surface area (Å²) in [5.41, 5.74) is 4.85. The summed E-state index contributed by atoms with van der Waals surface area (Å²) >= 11 is 6.37. The number of likely N-dealkylation sites (tertiary alicyclic amines) is 1. The molecule has 1 saturated heterocycles. The second-order valence-corrected chi connectivity index (χ2v) is 11.1. The Kier molecular flexibility index (Phi) is 8.32. The molecule has 0 saturated carbocycles. The zero-order valence-electron chi connectivity index (χ0n) is 23.2. The lowest BCUT2D eigenvalue weighted by Gasteiger charge is -2.31. The first-order valence-electron chi connectivity index (χ1n) is 14.1. The molecule has 10 nitrogen and oxygen atoms in total. The number of rotatable bonds is 4. The Labute approximate surface area is 253 Å². The van der Waals surface area contributed by atoms with Crippen LogP contribution in [0, 0.1) is 11.7 Å². The first-order chi connectivity index (χ1) is 20.9. The molecular formula is C31H30ClFN8O2. The summed E-state index contributed by atoms with van der Waals surface area (Å²) in [7, 11) is 0. The number of carbonyl (C=O) groups excluding carboxylic acids is 2. The van der Waals surface area contributed by atoms with Crippen LogP contribution < -0.4 is 21.3 Å². The number of carbonyl (C=O) groups is 2. The molecule has 3 amide bonds. The third kappa shape index (κ3) is 7.18. The highest BCUT2D eigenvalue weighted by Gasteiger charge is 2.25. The number of piperidine rings is 1. The molecule has 0 unspecified atom stereocenters. The lowest BCUT2D eigenvalue weighted by molar-refractivity contribution is -0.117. The van der Waals surface area contributed by atoms with Gasteiger partial charge in [0, 0.05) is 42.8 Å². The number of hydrogen-bond donors (Lipinski definition) is 4. The number of amides is 3. The van der Waals surface area contributed by atoms with Gasteiger partial charge in [-0.15, -0.1) is 0 Å². The first kappa shape index (κ1) is 28.4. The highest BCUT2D eigenvalue weighted by atomic mass is 35.5. The number of anilines is 6. The Morgan fingerprint density at radius 1 is 0.953 bits per heavy atom. The van der Waals surface area contributed by atoms with Crippen LogP contribution in [0.5, 0.6) is 0 Å². The Morgan fingerprint density at radius 3 is 2.58 bits per heavy atom. The van der Waals surface area contributed by atoms with Gasteiger partial charge in [0.25, 0.3) is 0 Å². The zero-order valence-corrected chi connectivity index (χ0v) is 24.0. The van der Waals surface area contributed by atoms with Gasteiger partial charge in [-0.1, -0.05) is 11.6 Å². The maximum Gasteiger partial charge on any atom is 0.321 e. The van der Waals surface area contributed by atoms with Crippen LogP contribution in [0.25, 0.3) is 0 Å². The monoisotopic (exact) mass is 600 g/mol. The van der Waals surface area contributed by atoms with Crippen molar-refractivity contribution < 1.29 is 14.0 Å². The van der Waals surface area contributed by atoms with Gasteiger partial charge in [-0.3, -0.25) is 9.78 Å². The molecule has 4 N–H and O–H groups in total. The van der Waals surface area contributed by atoms with Crippen LogP contribution in [0.3, 0.4) is 0 Å². The van der Waals surface area contributed by atoms with Crippen LogP contribution in [-0.2, 0) is 17.6 Å². The number of hydrogen-bond acceptors (Lipinski definition) is 7. The largest absolute Gasteiger partial charge is 0.339 e. The molecular weight excluding hydrogens is 571 g/mol. The molecule has 0 atom stereocenters. The molecule has 220 valence electrons. The van der Waals surface area contributed by atoms with Gasteiger partial charge < -0.3 is 26.2 Å². The SMILES string of the molecule is O=C(CC1CCN(C(=O)Nc2ccc(F)cc2)CC1)Nc1ccc2cc1CCc1cncc(c1)Nc1ncc(Cl)c(n1)N2. The molecule has 6 rings (SSSR count). The van der Waals surface area contributed by atoms with E-state index in [1.54, 1.807) is 11.1 Å². The van der Waals surface area contributed by atoms with Crippen LogP contribution in [0.4, 0.5) is 43.7 Å². The van der Waals surface area contributed by atoms with Crippen molar-refractivity contribution in [1.82, 2.24) is 19.9 Å². The van der Waals surface area contributed by atoms with Crippen LogP contribution in [-0.4, -0.2) is 44.9 Å². The number of fused-ring (bicyclic) bond motifs is 6. The van der Waals surface area contributed by atoms with Crippen molar-refractivity contribution in [2.75, 3.05) is 34.4 Å². The lowest BCUT2D eigenvalue weighted by atomic mass is 9.93. The summed E-state index contributed by atoms with van der Waals surface area (Å²) in [5, 5.41) is 12.7. The van der Waals surface area contributed by atoms with Crippen LogP contribution in [0.15, 0.2) is 67.1 Å². The topological polar surface area (TPSA) is 124 Å². The van der Waals surface area contributed by atoms with Crippen molar-refractivity contribution in [3.8, 4) is 0 Å². The van der Waals surface area contributed by atoms with Crippen LogP contribution in [0.2, 0.25) is 5.02 Å². The summed E-state index contributed by atoms with van der Waals surface area (Å²) in [6, 6.07) is 13.2. The van der Waals surface area contributed by atoms with Crippen LogP contribution in [0.1, 0.15) is 30.4 Å². The smallest absolute Gasteiger partial charge is 0.321 e. The molecule has 1 fully saturated rings. The highest BCUT2D eigenvalue weighted by Crippen LogP contribution is 2.30. The Hall–Kier alpha value is -4.77. The number of nitrogens with zero attached hydrogens (tertiary/aromatic N) is 4. The Bertz CT molecular complexity index is 1640. The molecule has 2 aliphatic heterocycles. The molecule has 4 aromatic rings. The normalized spacial score (nSPS) is 14.7. The minimum Gasteiger partial charge on any atom is -0.339 e. The van der Waals surface area contributed by atoms with Crippen molar-refractivity contribution in [3.63, 3.8) is 0 Å². The fraction of sp³-hybridized carbons (Fsp3) is 0.258. The Balaban J connectivity index is 1.10. The zero-order chi connectivity index (χ0) is 29.8. The van der Waals surface area contributed by atoms with Gasteiger partial charge in [0.15, 0.2) is 5.82 Å². The molecule has 0 spiro atoms. The van der Waals surface area contributed by atoms with Gasteiger partial charge in [0.2, 0.25) is 11.9 Å². The van der Waals surface area contributed by atoms with E-state index in [1.807, 2.05) is 30.5 Å². The predicted octanol–water partition coefficient (Wildman–Crippen LogP) is 6.52. The molecule has 12 heteroatoms. The molecule has 6 bridgehead atoms. The minimum absolute atomic E-state index is 0.0644. The molecule has 2 aromatic heterocycles. The number of nitrogens with one attached hydrogen (secondary N) is 4. The van der Waals surface area contributed by atoms with E-state index in [0.29, 0.717) is 54.8 Å². The molecule has 0 radical (unpaired) electrons. The van der Waals surface area contributed by atoms with E-state index in [9.17, 15) is 14.0 Å². The number of aryl methyl sites for hydroxylation is 2. The number of benzene rings is 2. The summed E-state index contributed by atoms with van der Waals surface area (Å²) in [4.78, 5) is 40.6.